The number of hydrogen-bond donors (Lipinski definition) is 1. The van der Waals surface area contributed by atoms with Crippen LogP contribution < -0.4 is 5.32 Å². The zero-order valence-electron chi connectivity index (χ0n) is 15.0. The van der Waals surface area contributed by atoms with Crippen molar-refractivity contribution in [2.45, 2.75) is 25.8 Å². The van der Waals surface area contributed by atoms with Crippen LogP contribution in [0.15, 0.2) is 65.1 Å². The van der Waals surface area contributed by atoms with Crippen LogP contribution in [0.3, 0.4) is 0 Å². The van der Waals surface area contributed by atoms with E-state index in [0.717, 1.165) is 41.8 Å². The summed E-state index contributed by atoms with van der Waals surface area (Å²) in [7, 11) is 0. The van der Waals surface area contributed by atoms with Gasteiger partial charge < -0.3 is 14.6 Å². The van der Waals surface area contributed by atoms with E-state index in [-0.39, 0.29) is 12.1 Å². The Balaban J connectivity index is 1.64. The highest BCUT2D eigenvalue weighted by Gasteiger charge is 2.26. The lowest BCUT2D eigenvalue weighted by atomic mass is 10.0. The number of para-hydroxylation sites is 1. The van der Waals surface area contributed by atoms with Crippen molar-refractivity contribution in [2.24, 2.45) is 5.92 Å². The van der Waals surface area contributed by atoms with Gasteiger partial charge >= 0.3 is 6.03 Å². The maximum Gasteiger partial charge on any atom is 0.318 e. The molecular weight excluding hydrogens is 324 g/mol. The molecule has 1 aromatic heterocycles. The second kappa shape index (κ2) is 7.24. The van der Waals surface area contributed by atoms with Crippen LogP contribution >= 0.6 is 0 Å². The molecule has 4 nitrogen and oxygen atoms in total. The molecule has 2 amide bonds. The number of carbonyl (C=O) groups excluding carboxylic acids is 1. The predicted octanol–water partition coefficient (Wildman–Crippen LogP) is 4.96. The Kier molecular flexibility index (Phi) is 4.65. The van der Waals surface area contributed by atoms with Crippen molar-refractivity contribution in [1.29, 1.82) is 0 Å². The fraction of sp³-hybridized carbons (Fsp3) is 0.318. The minimum atomic E-state index is -0.298. The van der Waals surface area contributed by atoms with Gasteiger partial charge in [0.2, 0.25) is 0 Å². The van der Waals surface area contributed by atoms with Crippen LogP contribution in [-0.4, -0.2) is 24.0 Å². The first-order valence-electron chi connectivity index (χ1n) is 9.29. The van der Waals surface area contributed by atoms with E-state index in [1.54, 1.807) is 0 Å². The van der Waals surface area contributed by atoms with Gasteiger partial charge in [0.25, 0.3) is 0 Å². The first kappa shape index (κ1) is 16.7. The number of urea groups is 1. The minimum Gasteiger partial charge on any atom is -0.459 e. The van der Waals surface area contributed by atoms with E-state index in [0.29, 0.717) is 5.92 Å². The zero-order valence-corrected chi connectivity index (χ0v) is 15.0. The predicted molar refractivity (Wildman–Crippen MR) is 103 cm³/mol. The molecule has 134 valence electrons. The summed E-state index contributed by atoms with van der Waals surface area (Å²) in [5, 5.41) is 4.24. The van der Waals surface area contributed by atoms with Crippen LogP contribution in [0.25, 0.3) is 11.0 Å². The Labute approximate surface area is 153 Å². The summed E-state index contributed by atoms with van der Waals surface area (Å²) in [4.78, 5) is 14.8. The summed E-state index contributed by atoms with van der Waals surface area (Å²) in [6, 6.07) is 19.6. The van der Waals surface area contributed by atoms with E-state index < -0.39 is 0 Å². The Hall–Kier alpha value is -2.75. The Bertz CT molecular complexity index is 854. The van der Waals surface area contributed by atoms with Crippen molar-refractivity contribution in [3.8, 4) is 0 Å². The van der Waals surface area contributed by atoms with Crippen LogP contribution in [0.5, 0.6) is 0 Å². The van der Waals surface area contributed by atoms with Gasteiger partial charge in [-0.2, -0.15) is 0 Å². The van der Waals surface area contributed by atoms with Crippen molar-refractivity contribution < 1.29 is 9.21 Å². The average molecular weight is 348 g/mol. The second-order valence-corrected chi connectivity index (χ2v) is 7.17. The van der Waals surface area contributed by atoms with E-state index >= 15 is 0 Å². The lowest BCUT2D eigenvalue weighted by Gasteiger charge is -2.32. The molecule has 0 aliphatic carbocycles. The van der Waals surface area contributed by atoms with Crippen LogP contribution in [0.4, 0.5) is 4.79 Å². The standard InChI is InChI=1S/C22H24N2O2/c1-16-8-7-13-24(15-16)22(25)23-21(17-9-3-2-4-10-17)20-14-18-11-5-6-12-19(18)26-20/h2-6,9-12,14,16,21H,7-8,13,15H2,1H3,(H,23,25). The molecule has 1 N–H and O–H groups in total. The molecule has 3 aromatic rings. The van der Waals surface area contributed by atoms with Crippen molar-refractivity contribution in [2.75, 3.05) is 13.1 Å². The Morgan fingerprint density at radius 3 is 2.69 bits per heavy atom. The highest BCUT2D eigenvalue weighted by molar-refractivity contribution is 5.79. The Morgan fingerprint density at radius 2 is 1.92 bits per heavy atom. The van der Waals surface area contributed by atoms with Crippen LogP contribution in [0.2, 0.25) is 0 Å². The maximum absolute atomic E-state index is 12.9. The van der Waals surface area contributed by atoms with Gasteiger partial charge in [-0.3, -0.25) is 0 Å². The summed E-state index contributed by atoms with van der Waals surface area (Å²) in [5.41, 5.74) is 1.86. The van der Waals surface area contributed by atoms with Crippen LogP contribution in [-0.2, 0) is 0 Å². The van der Waals surface area contributed by atoms with Gasteiger partial charge in [-0.15, -0.1) is 0 Å². The number of hydrogen-bond acceptors (Lipinski definition) is 2. The van der Waals surface area contributed by atoms with Gasteiger partial charge in [-0.1, -0.05) is 55.5 Å². The number of benzene rings is 2. The molecular formula is C22H24N2O2. The molecule has 2 aromatic carbocycles. The highest BCUT2D eigenvalue weighted by atomic mass is 16.3. The number of nitrogens with one attached hydrogen (secondary N) is 1. The maximum atomic E-state index is 12.9. The van der Waals surface area contributed by atoms with E-state index in [9.17, 15) is 4.79 Å². The number of amides is 2. The van der Waals surface area contributed by atoms with E-state index in [1.165, 1.54) is 6.42 Å². The van der Waals surface area contributed by atoms with Crippen molar-refractivity contribution >= 4 is 17.0 Å². The molecule has 0 saturated carbocycles. The number of rotatable bonds is 3. The Morgan fingerprint density at radius 1 is 1.15 bits per heavy atom. The lowest BCUT2D eigenvalue weighted by molar-refractivity contribution is 0.167. The molecule has 0 spiro atoms. The molecule has 1 aliphatic rings. The van der Waals surface area contributed by atoms with Gasteiger partial charge in [0, 0.05) is 18.5 Å². The molecule has 2 heterocycles. The van der Waals surface area contributed by atoms with Gasteiger partial charge in [-0.25, -0.2) is 4.79 Å². The quantitative estimate of drug-likeness (QED) is 0.727. The third kappa shape index (κ3) is 3.45. The molecule has 0 radical (unpaired) electrons. The normalized spacial score (nSPS) is 18.7. The van der Waals surface area contributed by atoms with E-state index in [2.05, 4.69) is 12.2 Å². The third-order valence-corrected chi connectivity index (χ3v) is 5.07. The summed E-state index contributed by atoms with van der Waals surface area (Å²) in [6.45, 7) is 3.83. The first-order valence-corrected chi connectivity index (χ1v) is 9.29. The van der Waals surface area contributed by atoms with Gasteiger partial charge in [-0.05, 0) is 36.5 Å². The van der Waals surface area contributed by atoms with Gasteiger partial charge in [0.15, 0.2) is 0 Å². The van der Waals surface area contributed by atoms with Crippen LogP contribution in [0, 0.1) is 5.92 Å². The molecule has 2 unspecified atom stereocenters. The SMILES string of the molecule is CC1CCCN(C(=O)NC(c2ccccc2)c2cc3ccccc3o2)C1. The fourth-order valence-electron chi connectivity index (χ4n) is 3.70. The third-order valence-electron chi connectivity index (χ3n) is 5.07. The number of piperidine rings is 1. The van der Waals surface area contributed by atoms with Crippen LogP contribution in [0.1, 0.15) is 37.1 Å². The topological polar surface area (TPSA) is 45.5 Å². The van der Waals surface area contributed by atoms with Crippen molar-refractivity contribution in [3.05, 3.63) is 72.0 Å². The lowest BCUT2D eigenvalue weighted by Crippen LogP contribution is -2.46. The summed E-state index contributed by atoms with van der Waals surface area (Å²) in [6.07, 6.45) is 2.25. The molecule has 2 atom stereocenters. The number of carbonyl (C=O) groups is 1. The smallest absolute Gasteiger partial charge is 0.318 e. The molecule has 26 heavy (non-hydrogen) atoms. The molecule has 0 bridgehead atoms. The summed E-state index contributed by atoms with van der Waals surface area (Å²) < 4.78 is 6.06. The second-order valence-electron chi connectivity index (χ2n) is 7.17. The largest absolute Gasteiger partial charge is 0.459 e. The minimum absolute atomic E-state index is 0.0224. The summed E-state index contributed by atoms with van der Waals surface area (Å²) >= 11 is 0. The number of furan rings is 1. The molecule has 1 aliphatic heterocycles. The molecule has 1 fully saturated rings. The monoisotopic (exact) mass is 348 g/mol. The number of nitrogens with zero attached hydrogens (tertiary/aromatic N) is 1. The van der Waals surface area contributed by atoms with Crippen molar-refractivity contribution in [1.82, 2.24) is 10.2 Å². The molecule has 4 heteroatoms. The number of likely N-dealkylation sites (tertiary alicyclic amines) is 1. The van der Waals surface area contributed by atoms with E-state index in [4.69, 9.17) is 4.42 Å². The zero-order chi connectivity index (χ0) is 17.9. The van der Waals surface area contributed by atoms with E-state index in [1.807, 2.05) is 65.6 Å². The first-order chi connectivity index (χ1) is 12.7. The summed E-state index contributed by atoms with van der Waals surface area (Å²) in [5.74, 6) is 1.31. The average Bonchev–Trinajstić information content (AvgIpc) is 3.10. The highest BCUT2D eigenvalue weighted by Crippen LogP contribution is 2.29. The number of fused-ring (bicyclic) bond motifs is 1. The molecule has 1 saturated heterocycles. The van der Waals surface area contributed by atoms with Crippen molar-refractivity contribution in [3.63, 3.8) is 0 Å². The fourth-order valence-corrected chi connectivity index (χ4v) is 3.70. The van der Waals surface area contributed by atoms with Gasteiger partial charge in [0.1, 0.15) is 17.4 Å². The van der Waals surface area contributed by atoms with Gasteiger partial charge in [0.05, 0.1) is 0 Å². The molecule has 4 rings (SSSR count).